The summed E-state index contributed by atoms with van der Waals surface area (Å²) in [7, 11) is -15.5. The van der Waals surface area contributed by atoms with Gasteiger partial charge < -0.3 is 54.2 Å². The molecular formula is C28H38N5O17P3. The highest BCUT2D eigenvalue weighted by molar-refractivity contribution is 7.66. The highest BCUT2D eigenvalue weighted by Crippen LogP contribution is 2.66. The first kappa shape index (κ1) is 42.4. The highest BCUT2D eigenvalue weighted by atomic mass is 31.3. The van der Waals surface area contributed by atoms with Crippen LogP contribution in [0.25, 0.3) is 11.0 Å². The fraction of sp³-hybridized carbons (Fsp3) is 0.500. The van der Waals surface area contributed by atoms with Crippen LogP contribution >= 0.6 is 23.5 Å². The summed E-state index contributed by atoms with van der Waals surface area (Å²) in [5.74, 6) is 5.87. The van der Waals surface area contributed by atoms with Gasteiger partial charge in [-0.3, -0.25) is 19.4 Å². The molecular weight excluding hydrogens is 771 g/mol. The van der Waals surface area contributed by atoms with E-state index in [0.29, 0.717) is 0 Å². The standard InChI is InChI=1S/C28H38N5O17P3/c1-15-30-26-24(27(35)31-15)17(13-46-25(28(2,3)4)18-10-21(45-5)16(7-6-8-29)9-19(18)33(36)37)12-32(26)23-11-20(34)22(48-23)14-47-52(41,42)50-53(43,44)49-51(38,39)40/h9-10,12,20,22-23,25,34H,8,11,13-14,29H2,1-5H3,(H,41,42)(H,43,44)(H,30,31,35)(H2,38,39,40)/t20?,22-,23-,25-/m1/s1. The van der Waals surface area contributed by atoms with Crippen molar-refractivity contribution >= 4 is 40.2 Å². The molecule has 4 rings (SSSR count). The van der Waals surface area contributed by atoms with Crippen LogP contribution in [0.15, 0.2) is 23.1 Å². The first-order chi connectivity index (χ1) is 24.4. The normalized spacial score (nSPS) is 20.7. The van der Waals surface area contributed by atoms with Crippen LogP contribution in [0.2, 0.25) is 0 Å². The molecule has 22 nitrogen and oxygen atoms in total. The number of methoxy groups -OCH3 is 1. The van der Waals surface area contributed by atoms with Crippen molar-refractivity contribution in [2.24, 2.45) is 11.1 Å². The van der Waals surface area contributed by atoms with Crippen molar-refractivity contribution in [3.8, 4) is 17.6 Å². The molecule has 1 aliphatic rings. The molecule has 0 aliphatic carbocycles. The molecule has 6 atom stereocenters. The summed E-state index contributed by atoms with van der Waals surface area (Å²) in [6.45, 7) is 5.73. The number of aromatic nitrogens is 3. The molecule has 3 aromatic rings. The second-order valence-electron chi connectivity index (χ2n) is 12.7. The first-order valence-electron chi connectivity index (χ1n) is 15.3. The van der Waals surface area contributed by atoms with Crippen molar-refractivity contribution in [1.29, 1.82) is 0 Å². The van der Waals surface area contributed by atoms with Gasteiger partial charge in [-0.1, -0.05) is 32.6 Å². The summed E-state index contributed by atoms with van der Waals surface area (Å²) < 4.78 is 65.8. The number of rotatable bonds is 14. The van der Waals surface area contributed by atoms with E-state index in [2.05, 4.69) is 35.0 Å². The van der Waals surface area contributed by atoms with E-state index >= 15 is 0 Å². The van der Waals surface area contributed by atoms with Gasteiger partial charge in [0, 0.05) is 24.2 Å². The zero-order valence-electron chi connectivity index (χ0n) is 28.8. The lowest BCUT2D eigenvalue weighted by Gasteiger charge is -2.31. The number of aliphatic hydroxyl groups is 1. The predicted molar refractivity (Wildman–Crippen MR) is 182 cm³/mol. The van der Waals surface area contributed by atoms with E-state index in [1.165, 1.54) is 36.9 Å². The number of benzene rings is 1. The molecule has 1 saturated heterocycles. The second-order valence-corrected chi connectivity index (χ2v) is 17.1. The van der Waals surface area contributed by atoms with Crippen molar-refractivity contribution in [1.82, 2.24) is 14.5 Å². The van der Waals surface area contributed by atoms with Gasteiger partial charge >= 0.3 is 23.5 Å². The minimum atomic E-state index is -5.78. The number of nitrogens with one attached hydrogen (secondary N) is 1. The van der Waals surface area contributed by atoms with Crippen LogP contribution in [0.5, 0.6) is 5.75 Å². The van der Waals surface area contributed by atoms with Crippen LogP contribution in [0.3, 0.4) is 0 Å². The summed E-state index contributed by atoms with van der Waals surface area (Å²) in [6, 6.07) is 2.73. The summed E-state index contributed by atoms with van der Waals surface area (Å²) in [4.78, 5) is 68.6. The molecule has 3 unspecified atom stereocenters. The number of aromatic amines is 1. The number of nitro benzene ring substituents is 1. The van der Waals surface area contributed by atoms with Crippen LogP contribution in [0, 0.1) is 34.3 Å². The Morgan fingerprint density at radius 2 is 1.87 bits per heavy atom. The van der Waals surface area contributed by atoms with Gasteiger partial charge in [0.1, 0.15) is 29.6 Å². The molecule has 1 aromatic carbocycles. The van der Waals surface area contributed by atoms with Crippen molar-refractivity contribution in [2.45, 2.75) is 65.3 Å². The Morgan fingerprint density at radius 3 is 2.45 bits per heavy atom. The van der Waals surface area contributed by atoms with Crippen molar-refractivity contribution in [3.63, 3.8) is 0 Å². The van der Waals surface area contributed by atoms with Gasteiger partial charge in [0.05, 0.1) is 60.5 Å². The number of aryl methyl sites for hydroxylation is 1. The van der Waals surface area contributed by atoms with Crippen LogP contribution in [0.4, 0.5) is 5.69 Å². The maximum atomic E-state index is 13.3. The Kier molecular flexibility index (Phi) is 12.9. The van der Waals surface area contributed by atoms with Crippen LogP contribution in [-0.2, 0) is 42.9 Å². The second kappa shape index (κ2) is 16.2. The van der Waals surface area contributed by atoms with E-state index in [9.17, 15) is 43.5 Å². The largest absolute Gasteiger partial charge is 0.495 e. The van der Waals surface area contributed by atoms with Crippen molar-refractivity contribution in [2.75, 3.05) is 20.3 Å². The molecule has 0 amide bonds. The molecule has 53 heavy (non-hydrogen) atoms. The third kappa shape index (κ3) is 10.7. The Bertz CT molecular complexity index is 2130. The topological polar surface area (TPSA) is 328 Å². The number of hydrogen-bond acceptors (Lipinski definition) is 15. The molecule has 25 heteroatoms. The number of hydrogen-bond donors (Lipinski definition) is 7. The first-order valence-corrected chi connectivity index (χ1v) is 19.9. The van der Waals surface area contributed by atoms with E-state index in [1.807, 2.05) is 0 Å². The number of nitro groups is 1. The van der Waals surface area contributed by atoms with Crippen molar-refractivity contribution < 1.29 is 70.7 Å². The number of aliphatic hydroxyl groups excluding tert-OH is 1. The molecule has 292 valence electrons. The van der Waals surface area contributed by atoms with E-state index in [1.54, 1.807) is 20.8 Å². The molecule has 3 heterocycles. The molecule has 0 radical (unpaired) electrons. The lowest BCUT2D eigenvalue weighted by Crippen LogP contribution is -2.26. The maximum absolute atomic E-state index is 13.3. The number of ether oxygens (including phenoxy) is 3. The SMILES string of the molecule is COc1cc([C@@H](OCc2cn([C@H]3CC(O)[C@@H](COP(=O)(O)OP(=O)(O)OP(=O)(O)O)O3)c3nc(C)[nH]c(=O)c23)C(C)(C)C)c([N+](=O)[O-])cc1C#CCN. The fourth-order valence-electron chi connectivity index (χ4n) is 5.52. The highest BCUT2D eigenvalue weighted by Gasteiger charge is 2.43. The van der Waals surface area contributed by atoms with Gasteiger partial charge in [0.25, 0.3) is 11.2 Å². The van der Waals surface area contributed by atoms with Crippen LogP contribution in [-0.4, -0.2) is 76.6 Å². The number of fused-ring (bicyclic) bond motifs is 1. The van der Waals surface area contributed by atoms with E-state index < -0.39 is 70.5 Å². The summed E-state index contributed by atoms with van der Waals surface area (Å²) in [5.41, 5.74) is 4.66. The Labute approximate surface area is 300 Å². The lowest BCUT2D eigenvalue weighted by molar-refractivity contribution is -0.386. The van der Waals surface area contributed by atoms with Gasteiger partial charge in [-0.05, 0) is 18.4 Å². The number of nitrogens with zero attached hydrogens (tertiary/aromatic N) is 3. The Morgan fingerprint density at radius 1 is 1.19 bits per heavy atom. The zero-order chi connectivity index (χ0) is 39.7. The van der Waals surface area contributed by atoms with E-state index in [0.717, 1.165) is 0 Å². The van der Waals surface area contributed by atoms with Crippen LogP contribution in [0.1, 0.15) is 62.0 Å². The number of phosphoric acid groups is 3. The number of H-pyrrole nitrogens is 1. The van der Waals surface area contributed by atoms with Crippen LogP contribution < -0.4 is 16.0 Å². The van der Waals surface area contributed by atoms with E-state index in [4.69, 9.17) is 29.7 Å². The van der Waals surface area contributed by atoms with E-state index in [-0.39, 0.29) is 64.6 Å². The van der Waals surface area contributed by atoms with Crippen molar-refractivity contribution in [3.05, 3.63) is 61.3 Å². The third-order valence-corrected chi connectivity index (χ3v) is 11.4. The fourth-order valence-corrected chi connectivity index (χ4v) is 8.55. The summed E-state index contributed by atoms with van der Waals surface area (Å²) in [5, 5.41) is 23.0. The summed E-state index contributed by atoms with van der Waals surface area (Å²) in [6.07, 6.45) is -3.50. The average molecular weight is 810 g/mol. The Balaban J connectivity index is 1.64. The third-order valence-electron chi connectivity index (χ3n) is 7.56. The number of nitrogens with two attached hydrogens (primary N) is 1. The van der Waals surface area contributed by atoms with Gasteiger partial charge in [-0.15, -0.1) is 0 Å². The monoisotopic (exact) mass is 809 g/mol. The summed E-state index contributed by atoms with van der Waals surface area (Å²) >= 11 is 0. The lowest BCUT2D eigenvalue weighted by atomic mass is 9.83. The molecule has 0 bridgehead atoms. The zero-order valence-corrected chi connectivity index (χ0v) is 31.4. The molecule has 0 saturated carbocycles. The van der Waals surface area contributed by atoms with Gasteiger partial charge in [0.15, 0.2) is 0 Å². The number of phosphoric ester groups is 1. The van der Waals surface area contributed by atoms with Gasteiger partial charge in [0.2, 0.25) is 0 Å². The molecule has 2 aromatic heterocycles. The van der Waals surface area contributed by atoms with Gasteiger partial charge in [-0.2, -0.15) is 8.62 Å². The minimum Gasteiger partial charge on any atom is -0.495 e. The molecule has 1 aliphatic heterocycles. The van der Waals surface area contributed by atoms with Gasteiger partial charge in [-0.25, -0.2) is 18.7 Å². The average Bonchev–Trinajstić information content (AvgIpc) is 3.56. The predicted octanol–water partition coefficient (Wildman–Crippen LogP) is 2.56. The molecule has 0 spiro atoms. The minimum absolute atomic E-state index is 0.0150. The quantitative estimate of drug-likeness (QED) is 0.0532. The Hall–Kier alpha value is -3.35. The smallest absolute Gasteiger partial charge is 0.490 e. The molecule has 1 fully saturated rings. The maximum Gasteiger partial charge on any atom is 0.490 e. The molecule has 8 N–H and O–H groups in total.